The summed E-state index contributed by atoms with van der Waals surface area (Å²) in [6, 6.07) is 32.1. The number of carbonyl (C=O) groups is 5. The Morgan fingerprint density at radius 1 is 0.747 bits per heavy atom. The van der Waals surface area contributed by atoms with Crippen molar-refractivity contribution in [2.24, 2.45) is 10.7 Å². The number of hydrogen-bond donors (Lipinski definition) is 3. The number of aromatic nitrogens is 2. The van der Waals surface area contributed by atoms with Crippen LogP contribution in [0.1, 0.15) is 65.1 Å². The summed E-state index contributed by atoms with van der Waals surface area (Å²) < 4.78 is 77.4. The van der Waals surface area contributed by atoms with Crippen molar-refractivity contribution in [3.05, 3.63) is 196 Å². The van der Waals surface area contributed by atoms with E-state index in [1.807, 2.05) is 0 Å². The Bertz CT molecular complexity index is 3890. The first kappa shape index (κ1) is 64.1. The Kier molecular flexibility index (Phi) is 21.5. The number of halogens is 9. The standard InChI is InChI=1S/C28H19Cl2F2N3O4.C13H8Cl2O2.C13H11NO6.C3H7F2N.ClH/c1-28(31,32)13-35-24(14-5-10-21(19(30)11-14)38-16-8-6-15(29)7-9-16)22-18(26(35)36)12-33-23(22)17-3-2-4-20-25(17)39-27(37)34-20;14-10-2-4-11(5-3-10)17-13-6-1-9(8-16)7-12(13)15;1-2-19-12(17)10(16)6-9(15)7-4-3-5-8-11(7)20-13(18)14-8;1-3(4,5)2-6;/h2-11,24H,12-13H2,1H3,(H,34,37);1-8H;3-5H,2,6H2,1H3,(H,14,18);2,6H2,1H3;1H. The number of para-hydroxylation sites is 2. The number of alkyl halides is 4. The molecule has 1 unspecified atom stereocenters. The smallest absolute Gasteiger partial charge is 0.417 e. The summed E-state index contributed by atoms with van der Waals surface area (Å²) in [5.74, 6) is -8.32. The van der Waals surface area contributed by atoms with E-state index in [1.165, 1.54) is 12.1 Å². The lowest BCUT2D eigenvalue weighted by atomic mass is 9.91. The van der Waals surface area contributed by atoms with Gasteiger partial charge in [0, 0.05) is 46.2 Å². The van der Waals surface area contributed by atoms with Crippen LogP contribution in [-0.4, -0.2) is 88.4 Å². The van der Waals surface area contributed by atoms with Crippen LogP contribution in [0.2, 0.25) is 20.1 Å². The van der Waals surface area contributed by atoms with Crippen molar-refractivity contribution in [2.45, 2.75) is 45.1 Å². The molecule has 6 aromatic carbocycles. The Labute approximate surface area is 494 Å². The van der Waals surface area contributed by atoms with Crippen LogP contribution in [0, 0.1) is 0 Å². The van der Waals surface area contributed by atoms with Gasteiger partial charge in [0.2, 0.25) is 5.78 Å². The first-order valence-corrected chi connectivity index (χ1v) is 25.8. The summed E-state index contributed by atoms with van der Waals surface area (Å²) in [7, 11) is 0. The summed E-state index contributed by atoms with van der Waals surface area (Å²) >= 11 is 24.3. The second kappa shape index (κ2) is 27.8. The number of H-pyrrole nitrogens is 2. The molecule has 26 heteroatoms. The quantitative estimate of drug-likeness (QED) is 0.0216. The van der Waals surface area contributed by atoms with Gasteiger partial charge in [-0.2, -0.15) is 0 Å². The lowest BCUT2D eigenvalue weighted by molar-refractivity contribution is -0.153. The number of rotatable bonds is 15. The minimum atomic E-state index is -3.15. The fourth-order valence-electron chi connectivity index (χ4n) is 8.01. The number of ketones is 2. The van der Waals surface area contributed by atoms with Gasteiger partial charge in [0.1, 0.15) is 29.3 Å². The number of amides is 1. The summed E-state index contributed by atoms with van der Waals surface area (Å²) in [4.78, 5) is 92.3. The molecule has 4 heterocycles. The van der Waals surface area contributed by atoms with Crippen LogP contribution in [0.4, 0.5) is 17.6 Å². The van der Waals surface area contributed by atoms with Crippen LogP contribution in [0.5, 0.6) is 23.0 Å². The molecule has 10 rings (SSSR count). The number of ether oxygens (including phenoxy) is 3. The maximum Gasteiger partial charge on any atom is 0.417 e. The van der Waals surface area contributed by atoms with Gasteiger partial charge in [0.15, 0.2) is 16.9 Å². The lowest BCUT2D eigenvalue weighted by Gasteiger charge is -2.30. The van der Waals surface area contributed by atoms with Gasteiger partial charge in [-0.05, 0) is 116 Å². The molecule has 0 spiro atoms. The zero-order chi connectivity index (χ0) is 59.6. The third kappa shape index (κ3) is 16.6. The highest BCUT2D eigenvalue weighted by Gasteiger charge is 2.47. The number of benzene rings is 6. The van der Waals surface area contributed by atoms with Crippen molar-refractivity contribution in [1.82, 2.24) is 14.9 Å². The summed E-state index contributed by atoms with van der Waals surface area (Å²) in [5, 5.41) is 1.81. The first-order valence-electron chi connectivity index (χ1n) is 24.3. The fraction of sp³-hybridized carbons (Fsp3) is 0.193. The van der Waals surface area contributed by atoms with E-state index in [9.17, 15) is 51.1 Å². The third-order valence-corrected chi connectivity index (χ3v) is 12.7. The van der Waals surface area contributed by atoms with E-state index in [0.717, 1.165) is 25.0 Å². The van der Waals surface area contributed by atoms with Gasteiger partial charge >= 0.3 is 17.5 Å². The second-order valence-corrected chi connectivity index (χ2v) is 19.7. The maximum absolute atomic E-state index is 14.3. The molecule has 83 heavy (non-hydrogen) atoms. The largest absolute Gasteiger partial charge is 0.460 e. The number of nitrogens with one attached hydrogen (secondary N) is 2. The van der Waals surface area contributed by atoms with Gasteiger partial charge in [-0.1, -0.05) is 64.6 Å². The zero-order valence-electron chi connectivity index (χ0n) is 43.5. The zero-order valence-corrected chi connectivity index (χ0v) is 47.4. The Hall–Kier alpha value is -8.05. The van der Waals surface area contributed by atoms with E-state index < -0.39 is 72.4 Å². The number of carbonyl (C=O) groups excluding carboxylic acids is 5. The molecule has 434 valence electrons. The predicted octanol–water partition coefficient (Wildman–Crippen LogP) is 13.0. The van der Waals surface area contributed by atoms with Crippen molar-refractivity contribution in [3.8, 4) is 23.0 Å². The van der Waals surface area contributed by atoms with E-state index >= 15 is 0 Å². The first-order chi connectivity index (χ1) is 38.9. The van der Waals surface area contributed by atoms with Gasteiger partial charge in [-0.3, -0.25) is 34.1 Å². The molecule has 2 aromatic heterocycles. The molecule has 8 aromatic rings. The van der Waals surface area contributed by atoms with Gasteiger partial charge < -0.3 is 33.7 Å². The molecule has 0 saturated heterocycles. The Balaban J connectivity index is 0.000000210. The number of nitrogens with zero attached hydrogens (tertiary/aromatic N) is 2. The maximum atomic E-state index is 14.3. The van der Waals surface area contributed by atoms with E-state index in [-0.39, 0.29) is 47.3 Å². The van der Waals surface area contributed by atoms with Gasteiger partial charge in [0.05, 0.1) is 71.1 Å². The second-order valence-electron chi connectivity index (χ2n) is 18.0. The topological polar surface area (TPSA) is 247 Å². The van der Waals surface area contributed by atoms with Crippen LogP contribution >= 0.6 is 58.8 Å². The van der Waals surface area contributed by atoms with E-state index in [0.29, 0.717) is 82.6 Å². The summed E-state index contributed by atoms with van der Waals surface area (Å²) in [5.41, 5.74) is 8.45. The normalized spacial score (nSPS) is 13.5. The number of aldehydes is 1. The molecule has 0 bridgehead atoms. The molecule has 0 saturated carbocycles. The Morgan fingerprint density at radius 2 is 1.28 bits per heavy atom. The van der Waals surface area contributed by atoms with Crippen LogP contribution in [0.25, 0.3) is 22.2 Å². The number of aromatic amines is 2. The number of Topliss-reactive ketones (excluding diaryl/α,β-unsaturated/α-hetero) is 2. The fourth-order valence-corrected chi connectivity index (χ4v) is 8.72. The Morgan fingerprint density at radius 3 is 1.80 bits per heavy atom. The SMILES string of the molecule is CC(F)(F)CN.CC(F)(F)CN1C(=O)C2=C(C(c3cccc4[nH]c(=O)oc34)=NC2)C1c1ccc(Oc2ccc(Cl)cc2)c(Cl)c1.CCOC(=O)C(=O)CC(=O)c1cccc2[nH]c(=O)oc12.Cl.O=Cc1ccc(Oc2ccc(Cl)cc2)c(Cl)c1. The highest BCUT2D eigenvalue weighted by Crippen LogP contribution is 2.46. The average molecular weight is 1250 g/mol. The molecule has 1 atom stereocenters. The monoisotopic (exact) mass is 1240 g/mol. The number of aliphatic imine (C=N–C) groups is 1. The highest BCUT2D eigenvalue weighted by atomic mass is 35.5. The number of esters is 1. The van der Waals surface area contributed by atoms with Crippen LogP contribution < -0.4 is 26.7 Å². The molecular weight excluding hydrogens is 1200 g/mol. The molecule has 2 aliphatic rings. The van der Waals surface area contributed by atoms with Gasteiger partial charge in [0.25, 0.3) is 17.8 Å². The molecule has 0 radical (unpaired) electrons. The summed E-state index contributed by atoms with van der Waals surface area (Å²) in [6.07, 6.45) is 0.102. The van der Waals surface area contributed by atoms with Gasteiger partial charge in [-0.15, -0.1) is 12.4 Å². The van der Waals surface area contributed by atoms with Crippen molar-refractivity contribution in [3.63, 3.8) is 0 Å². The van der Waals surface area contributed by atoms with Crippen LogP contribution in [0.3, 0.4) is 0 Å². The molecular formula is C57H46Cl5F4N5O12. The molecule has 2 aliphatic heterocycles. The predicted molar refractivity (Wildman–Crippen MR) is 306 cm³/mol. The lowest BCUT2D eigenvalue weighted by Crippen LogP contribution is -2.40. The third-order valence-electron chi connectivity index (χ3n) is 11.6. The molecule has 4 N–H and O–H groups in total. The van der Waals surface area contributed by atoms with Crippen molar-refractivity contribution in [1.29, 1.82) is 0 Å². The molecule has 0 aliphatic carbocycles. The molecule has 1 amide bonds. The number of hydrogen-bond acceptors (Lipinski definition) is 14. The van der Waals surface area contributed by atoms with E-state index in [1.54, 1.807) is 116 Å². The van der Waals surface area contributed by atoms with E-state index in [4.69, 9.17) is 64.7 Å². The van der Waals surface area contributed by atoms with Crippen LogP contribution in [0.15, 0.2) is 156 Å². The number of fused-ring (bicyclic) bond motifs is 2. The van der Waals surface area contributed by atoms with Gasteiger partial charge in [-0.25, -0.2) is 31.9 Å². The average Bonchev–Trinajstić information content (AvgIpc) is 2.54. The van der Waals surface area contributed by atoms with Crippen molar-refractivity contribution < 1.29 is 64.6 Å². The molecule has 17 nitrogen and oxygen atoms in total. The molecule has 0 fully saturated rings. The van der Waals surface area contributed by atoms with E-state index in [2.05, 4.69) is 25.4 Å². The summed E-state index contributed by atoms with van der Waals surface area (Å²) in [6.45, 7) is 1.81. The van der Waals surface area contributed by atoms with Crippen LogP contribution in [-0.2, 0) is 19.1 Å². The number of oxazole rings is 2. The van der Waals surface area contributed by atoms with Crippen molar-refractivity contribution in [2.75, 3.05) is 26.2 Å². The minimum absolute atomic E-state index is 0. The highest BCUT2D eigenvalue weighted by molar-refractivity contribution is 6.38. The van der Waals surface area contributed by atoms with Crippen molar-refractivity contribution >= 4 is 116 Å². The minimum Gasteiger partial charge on any atom is -0.460 e. The number of nitrogens with two attached hydrogens (primary N) is 1.